The maximum absolute atomic E-state index is 9.04. The number of aliphatic hydroxyl groups is 1. The fourth-order valence-electron chi connectivity index (χ4n) is 1.60. The van der Waals surface area contributed by atoms with Gasteiger partial charge in [-0.15, -0.1) is 0 Å². The van der Waals surface area contributed by atoms with E-state index >= 15 is 0 Å². The minimum atomic E-state index is -0.00989. The van der Waals surface area contributed by atoms with E-state index in [0.29, 0.717) is 5.88 Å². The van der Waals surface area contributed by atoms with E-state index in [1.165, 1.54) is 0 Å². The molecule has 1 aromatic heterocycles. The van der Waals surface area contributed by atoms with E-state index in [-0.39, 0.29) is 6.61 Å². The summed E-state index contributed by atoms with van der Waals surface area (Å²) >= 11 is 3.42. The van der Waals surface area contributed by atoms with E-state index in [1.807, 2.05) is 38.1 Å². The molecular weight excluding hydrogens is 294 g/mol. The van der Waals surface area contributed by atoms with Crippen LogP contribution >= 0.6 is 15.9 Å². The van der Waals surface area contributed by atoms with E-state index in [1.54, 1.807) is 6.20 Å². The van der Waals surface area contributed by atoms with Crippen LogP contribution in [0, 0.1) is 13.8 Å². The zero-order valence-electron chi connectivity index (χ0n) is 10.3. The average Bonchev–Trinajstić information content (AvgIpc) is 2.36. The molecule has 1 aromatic carbocycles. The number of rotatable bonds is 3. The third-order valence-corrected chi connectivity index (χ3v) is 3.12. The number of aryl methyl sites for hydroxylation is 2. The maximum Gasteiger partial charge on any atom is 0.222 e. The number of ether oxygens (including phenoxy) is 1. The van der Waals surface area contributed by atoms with E-state index in [2.05, 4.69) is 20.9 Å². The predicted octanol–water partition coefficient (Wildman–Crippen LogP) is 3.75. The zero-order chi connectivity index (χ0) is 13.1. The minimum Gasteiger partial charge on any atom is -0.438 e. The molecule has 0 unspecified atom stereocenters. The Labute approximate surface area is 115 Å². The zero-order valence-corrected chi connectivity index (χ0v) is 11.9. The summed E-state index contributed by atoms with van der Waals surface area (Å²) < 4.78 is 6.76. The molecule has 0 saturated carbocycles. The van der Waals surface area contributed by atoms with Crippen LogP contribution in [0.25, 0.3) is 0 Å². The molecule has 2 rings (SSSR count). The SMILES string of the molecule is Cc1ccc(Br)cc1Oc1ncc(CO)cc1C. The Morgan fingerprint density at radius 2 is 2.00 bits per heavy atom. The first-order valence-electron chi connectivity index (χ1n) is 5.60. The monoisotopic (exact) mass is 307 g/mol. The molecule has 0 spiro atoms. The number of nitrogens with zero attached hydrogens (tertiary/aromatic N) is 1. The molecule has 1 heterocycles. The lowest BCUT2D eigenvalue weighted by molar-refractivity contribution is 0.281. The standard InChI is InChI=1S/C14H14BrNO2/c1-9-3-4-12(15)6-13(9)18-14-10(2)5-11(8-17)7-16-14/h3-7,17H,8H2,1-2H3. The van der Waals surface area contributed by atoms with E-state index < -0.39 is 0 Å². The average molecular weight is 308 g/mol. The third kappa shape index (κ3) is 2.89. The summed E-state index contributed by atoms with van der Waals surface area (Å²) in [6, 6.07) is 7.74. The summed E-state index contributed by atoms with van der Waals surface area (Å²) in [7, 11) is 0. The van der Waals surface area contributed by atoms with Gasteiger partial charge in [-0.05, 0) is 43.2 Å². The van der Waals surface area contributed by atoms with Crippen LogP contribution in [0.5, 0.6) is 11.6 Å². The molecule has 0 radical (unpaired) electrons. The summed E-state index contributed by atoms with van der Waals surface area (Å²) in [5, 5.41) is 9.04. The van der Waals surface area contributed by atoms with Crippen LogP contribution in [0.15, 0.2) is 34.9 Å². The molecule has 18 heavy (non-hydrogen) atoms. The smallest absolute Gasteiger partial charge is 0.222 e. The third-order valence-electron chi connectivity index (χ3n) is 2.63. The number of aromatic nitrogens is 1. The molecule has 4 heteroatoms. The molecule has 3 nitrogen and oxygen atoms in total. The first-order chi connectivity index (χ1) is 8.60. The van der Waals surface area contributed by atoms with Crippen molar-refractivity contribution >= 4 is 15.9 Å². The van der Waals surface area contributed by atoms with Gasteiger partial charge < -0.3 is 9.84 Å². The van der Waals surface area contributed by atoms with Crippen LogP contribution in [0.4, 0.5) is 0 Å². The highest BCUT2D eigenvalue weighted by atomic mass is 79.9. The lowest BCUT2D eigenvalue weighted by Gasteiger charge is -2.11. The second kappa shape index (κ2) is 5.50. The Hall–Kier alpha value is -1.39. The molecule has 0 aliphatic carbocycles. The summed E-state index contributed by atoms with van der Waals surface area (Å²) in [6.07, 6.45) is 1.62. The van der Waals surface area contributed by atoms with Crippen LogP contribution in [0.1, 0.15) is 16.7 Å². The van der Waals surface area contributed by atoms with Crippen molar-refractivity contribution in [2.45, 2.75) is 20.5 Å². The topological polar surface area (TPSA) is 42.4 Å². The van der Waals surface area contributed by atoms with E-state index in [9.17, 15) is 0 Å². The Kier molecular flexibility index (Phi) is 3.99. The van der Waals surface area contributed by atoms with Crippen molar-refractivity contribution in [3.63, 3.8) is 0 Å². The number of pyridine rings is 1. The Bertz CT molecular complexity index is 570. The Balaban J connectivity index is 2.31. The van der Waals surface area contributed by atoms with Gasteiger partial charge in [0.25, 0.3) is 0 Å². The number of hydrogen-bond donors (Lipinski definition) is 1. The van der Waals surface area contributed by atoms with Crippen molar-refractivity contribution < 1.29 is 9.84 Å². The van der Waals surface area contributed by atoms with Gasteiger partial charge in [-0.3, -0.25) is 0 Å². The van der Waals surface area contributed by atoms with Gasteiger partial charge in [-0.2, -0.15) is 0 Å². The van der Waals surface area contributed by atoms with Crippen molar-refractivity contribution in [2.75, 3.05) is 0 Å². The van der Waals surface area contributed by atoms with Gasteiger partial charge in [0.1, 0.15) is 5.75 Å². The number of hydrogen-bond acceptors (Lipinski definition) is 3. The highest BCUT2D eigenvalue weighted by Crippen LogP contribution is 2.28. The lowest BCUT2D eigenvalue weighted by Crippen LogP contribution is -1.95. The van der Waals surface area contributed by atoms with Crippen molar-refractivity contribution in [2.24, 2.45) is 0 Å². The van der Waals surface area contributed by atoms with Gasteiger partial charge in [-0.25, -0.2) is 4.98 Å². The lowest BCUT2D eigenvalue weighted by atomic mass is 10.2. The highest BCUT2D eigenvalue weighted by Gasteiger charge is 2.07. The molecule has 0 saturated heterocycles. The predicted molar refractivity (Wildman–Crippen MR) is 73.8 cm³/mol. The van der Waals surface area contributed by atoms with Crippen molar-refractivity contribution in [1.82, 2.24) is 4.98 Å². The largest absolute Gasteiger partial charge is 0.438 e. The van der Waals surface area contributed by atoms with Crippen LogP contribution in [-0.2, 0) is 6.61 Å². The van der Waals surface area contributed by atoms with Crippen LogP contribution in [0.2, 0.25) is 0 Å². The van der Waals surface area contributed by atoms with Gasteiger partial charge in [0, 0.05) is 16.2 Å². The van der Waals surface area contributed by atoms with Crippen LogP contribution in [-0.4, -0.2) is 10.1 Å². The normalized spacial score (nSPS) is 10.4. The molecule has 0 aliphatic rings. The maximum atomic E-state index is 9.04. The van der Waals surface area contributed by atoms with Crippen LogP contribution in [0.3, 0.4) is 0 Å². The van der Waals surface area contributed by atoms with Gasteiger partial charge in [0.15, 0.2) is 0 Å². The highest BCUT2D eigenvalue weighted by molar-refractivity contribution is 9.10. The Morgan fingerprint density at radius 3 is 2.67 bits per heavy atom. The molecule has 0 amide bonds. The molecule has 0 atom stereocenters. The molecule has 1 N–H and O–H groups in total. The molecule has 0 bridgehead atoms. The van der Waals surface area contributed by atoms with Crippen molar-refractivity contribution in [3.05, 3.63) is 51.6 Å². The second-order valence-electron chi connectivity index (χ2n) is 4.14. The van der Waals surface area contributed by atoms with E-state index in [4.69, 9.17) is 9.84 Å². The number of aliphatic hydroxyl groups excluding tert-OH is 1. The van der Waals surface area contributed by atoms with Gasteiger partial charge in [0.2, 0.25) is 5.88 Å². The van der Waals surface area contributed by atoms with Crippen molar-refractivity contribution in [1.29, 1.82) is 0 Å². The first-order valence-corrected chi connectivity index (χ1v) is 6.40. The van der Waals surface area contributed by atoms with Gasteiger partial charge >= 0.3 is 0 Å². The summed E-state index contributed by atoms with van der Waals surface area (Å²) in [4.78, 5) is 4.22. The molecular formula is C14H14BrNO2. The number of benzene rings is 1. The second-order valence-corrected chi connectivity index (χ2v) is 5.05. The first kappa shape index (κ1) is 13.1. The Morgan fingerprint density at radius 1 is 1.22 bits per heavy atom. The number of halogens is 1. The van der Waals surface area contributed by atoms with E-state index in [0.717, 1.165) is 26.9 Å². The minimum absolute atomic E-state index is 0.00989. The molecule has 2 aromatic rings. The summed E-state index contributed by atoms with van der Waals surface area (Å²) in [5.41, 5.74) is 2.73. The van der Waals surface area contributed by atoms with Gasteiger partial charge in [0.05, 0.1) is 6.61 Å². The van der Waals surface area contributed by atoms with Crippen molar-refractivity contribution in [3.8, 4) is 11.6 Å². The quantitative estimate of drug-likeness (QED) is 0.939. The fraction of sp³-hybridized carbons (Fsp3) is 0.214. The summed E-state index contributed by atoms with van der Waals surface area (Å²) in [6.45, 7) is 3.89. The molecule has 0 fully saturated rings. The van der Waals surface area contributed by atoms with Crippen LogP contribution < -0.4 is 4.74 Å². The fourth-order valence-corrected chi connectivity index (χ4v) is 1.94. The molecule has 0 aliphatic heterocycles. The summed E-state index contributed by atoms with van der Waals surface area (Å²) in [5.74, 6) is 1.34. The molecule has 94 valence electrons. The van der Waals surface area contributed by atoms with Gasteiger partial charge in [-0.1, -0.05) is 22.0 Å².